The third-order valence-corrected chi connectivity index (χ3v) is 5.47. The van der Waals surface area contributed by atoms with E-state index in [2.05, 4.69) is 10.4 Å². The number of nitrogens with zero attached hydrogens (tertiary/aromatic N) is 2. The first kappa shape index (κ1) is 18.9. The lowest BCUT2D eigenvalue weighted by molar-refractivity contribution is 0.102. The van der Waals surface area contributed by atoms with E-state index in [0.717, 1.165) is 27.7 Å². The van der Waals surface area contributed by atoms with Gasteiger partial charge in [0, 0.05) is 16.8 Å². The van der Waals surface area contributed by atoms with Gasteiger partial charge in [-0.2, -0.15) is 5.10 Å². The van der Waals surface area contributed by atoms with Crippen LogP contribution in [0.15, 0.2) is 71.1 Å². The summed E-state index contributed by atoms with van der Waals surface area (Å²) in [4.78, 5) is 13.2. The number of aryl methyl sites for hydroxylation is 1. The monoisotopic (exact) mass is 411 g/mol. The van der Waals surface area contributed by atoms with Gasteiger partial charge in [-0.15, -0.1) is 0 Å². The van der Waals surface area contributed by atoms with Gasteiger partial charge in [0.15, 0.2) is 0 Å². The molecule has 0 aliphatic rings. The summed E-state index contributed by atoms with van der Waals surface area (Å²) in [6.07, 6.45) is 0. The number of ether oxygens (including phenoxy) is 1. The maximum atomic E-state index is 13.2. The van der Waals surface area contributed by atoms with Crippen molar-refractivity contribution in [3.63, 3.8) is 0 Å². The van der Waals surface area contributed by atoms with E-state index in [0.29, 0.717) is 28.3 Å². The van der Waals surface area contributed by atoms with Crippen LogP contribution in [0.1, 0.15) is 21.7 Å². The molecule has 0 bridgehead atoms. The molecule has 0 radical (unpaired) electrons. The van der Waals surface area contributed by atoms with Gasteiger partial charge in [-0.25, -0.2) is 4.68 Å². The fourth-order valence-corrected chi connectivity index (χ4v) is 3.99. The molecule has 5 aromatic rings. The molecule has 2 heterocycles. The zero-order chi connectivity index (χ0) is 21.5. The van der Waals surface area contributed by atoms with E-state index in [9.17, 15) is 4.79 Å². The summed E-state index contributed by atoms with van der Waals surface area (Å²) < 4.78 is 13.3. The second-order valence-corrected chi connectivity index (χ2v) is 7.39. The molecule has 0 aliphatic heterocycles. The Labute approximate surface area is 179 Å². The summed E-state index contributed by atoms with van der Waals surface area (Å²) >= 11 is 0. The van der Waals surface area contributed by atoms with Crippen LogP contribution in [0.4, 0.5) is 5.69 Å². The zero-order valence-electron chi connectivity index (χ0n) is 17.5. The number of para-hydroxylation sites is 2. The molecule has 154 valence electrons. The van der Waals surface area contributed by atoms with E-state index in [-0.39, 0.29) is 5.91 Å². The highest BCUT2D eigenvalue weighted by atomic mass is 16.5. The van der Waals surface area contributed by atoms with Gasteiger partial charge in [-0.05, 0) is 38.1 Å². The Morgan fingerprint density at radius 3 is 2.48 bits per heavy atom. The van der Waals surface area contributed by atoms with E-state index in [1.165, 1.54) is 0 Å². The van der Waals surface area contributed by atoms with Gasteiger partial charge in [0.1, 0.15) is 16.9 Å². The Kier molecular flexibility index (Phi) is 4.47. The highest BCUT2D eigenvalue weighted by Gasteiger charge is 2.21. The minimum absolute atomic E-state index is 0.244. The van der Waals surface area contributed by atoms with E-state index < -0.39 is 0 Å². The van der Waals surface area contributed by atoms with Gasteiger partial charge in [-0.3, -0.25) is 4.79 Å². The Balaban J connectivity index is 1.55. The second kappa shape index (κ2) is 7.32. The molecule has 1 N–H and O–H groups in total. The van der Waals surface area contributed by atoms with Crippen molar-refractivity contribution in [3.05, 3.63) is 83.7 Å². The van der Waals surface area contributed by atoms with Crippen LogP contribution in [0, 0.1) is 13.8 Å². The van der Waals surface area contributed by atoms with Crippen LogP contribution in [0.25, 0.3) is 27.6 Å². The third-order valence-electron chi connectivity index (χ3n) is 5.47. The first-order valence-electron chi connectivity index (χ1n) is 9.99. The minimum atomic E-state index is -0.244. The molecule has 3 aromatic carbocycles. The van der Waals surface area contributed by atoms with Gasteiger partial charge < -0.3 is 14.5 Å². The van der Waals surface area contributed by atoms with Crippen molar-refractivity contribution in [1.82, 2.24) is 9.78 Å². The first-order valence-corrected chi connectivity index (χ1v) is 9.99. The van der Waals surface area contributed by atoms with Crippen molar-refractivity contribution in [2.75, 3.05) is 12.4 Å². The molecule has 6 heteroatoms. The number of benzene rings is 3. The summed E-state index contributed by atoms with van der Waals surface area (Å²) in [5.74, 6) is 0.323. The van der Waals surface area contributed by atoms with Crippen LogP contribution in [0.3, 0.4) is 0 Å². The Hall–Kier alpha value is -4.06. The highest BCUT2D eigenvalue weighted by molar-refractivity contribution is 6.10. The molecule has 5 rings (SSSR count). The number of fused-ring (bicyclic) bond motifs is 3. The minimum Gasteiger partial charge on any atom is -0.495 e. The molecule has 0 unspecified atom stereocenters. The normalized spacial score (nSPS) is 11.2. The van der Waals surface area contributed by atoms with Gasteiger partial charge in [0.2, 0.25) is 0 Å². The fourth-order valence-electron chi connectivity index (χ4n) is 3.99. The number of amides is 1. The third kappa shape index (κ3) is 3.13. The SMILES string of the molecule is COc1cc2c(cc1NC(=O)c1c(C)nn(-c3ccccc3)c1C)oc1ccccc12. The van der Waals surface area contributed by atoms with Crippen molar-refractivity contribution < 1.29 is 13.9 Å². The number of hydrogen-bond donors (Lipinski definition) is 1. The summed E-state index contributed by atoms with van der Waals surface area (Å²) in [6.45, 7) is 3.72. The molecule has 0 saturated carbocycles. The lowest BCUT2D eigenvalue weighted by Crippen LogP contribution is -2.14. The number of methoxy groups -OCH3 is 1. The van der Waals surface area contributed by atoms with Crippen molar-refractivity contribution in [2.24, 2.45) is 0 Å². The topological polar surface area (TPSA) is 69.3 Å². The molecule has 0 fully saturated rings. The van der Waals surface area contributed by atoms with E-state index in [4.69, 9.17) is 9.15 Å². The average Bonchev–Trinajstić information content (AvgIpc) is 3.29. The van der Waals surface area contributed by atoms with Crippen molar-refractivity contribution in [3.8, 4) is 11.4 Å². The molecule has 0 saturated heterocycles. The fraction of sp³-hybridized carbons (Fsp3) is 0.120. The summed E-state index contributed by atoms with van der Waals surface area (Å²) in [7, 11) is 1.59. The number of carbonyl (C=O) groups is 1. The van der Waals surface area contributed by atoms with Gasteiger partial charge in [0.05, 0.1) is 35.4 Å². The maximum Gasteiger partial charge on any atom is 0.259 e. The second-order valence-electron chi connectivity index (χ2n) is 7.39. The van der Waals surface area contributed by atoms with Gasteiger partial charge in [0.25, 0.3) is 5.91 Å². The number of furan rings is 1. The number of hydrogen-bond acceptors (Lipinski definition) is 4. The molecular weight excluding hydrogens is 390 g/mol. The van der Waals surface area contributed by atoms with E-state index in [1.807, 2.05) is 74.5 Å². The highest BCUT2D eigenvalue weighted by Crippen LogP contribution is 2.36. The maximum absolute atomic E-state index is 13.2. The molecule has 0 atom stereocenters. The van der Waals surface area contributed by atoms with Crippen LogP contribution in [-0.2, 0) is 0 Å². The van der Waals surface area contributed by atoms with Crippen molar-refractivity contribution >= 4 is 33.5 Å². The number of carbonyl (C=O) groups excluding carboxylic acids is 1. The van der Waals surface area contributed by atoms with Crippen LogP contribution < -0.4 is 10.1 Å². The molecule has 0 aliphatic carbocycles. The largest absolute Gasteiger partial charge is 0.495 e. The number of aromatic nitrogens is 2. The van der Waals surface area contributed by atoms with Gasteiger partial charge in [-0.1, -0.05) is 36.4 Å². The lowest BCUT2D eigenvalue weighted by atomic mass is 10.1. The predicted molar refractivity (Wildman–Crippen MR) is 121 cm³/mol. The Morgan fingerprint density at radius 2 is 1.71 bits per heavy atom. The average molecular weight is 411 g/mol. The molecule has 0 spiro atoms. The summed E-state index contributed by atoms with van der Waals surface area (Å²) in [6, 6.07) is 21.3. The van der Waals surface area contributed by atoms with Crippen LogP contribution in [0.2, 0.25) is 0 Å². The quantitative estimate of drug-likeness (QED) is 0.415. The van der Waals surface area contributed by atoms with E-state index in [1.54, 1.807) is 17.9 Å². The molecule has 31 heavy (non-hydrogen) atoms. The predicted octanol–water partition coefficient (Wildman–Crippen LogP) is 5.65. The van der Waals surface area contributed by atoms with E-state index >= 15 is 0 Å². The number of nitrogens with one attached hydrogen (secondary N) is 1. The summed E-state index contributed by atoms with van der Waals surface area (Å²) in [5, 5.41) is 9.50. The Bertz CT molecular complexity index is 1430. The smallest absolute Gasteiger partial charge is 0.259 e. The number of rotatable bonds is 4. The first-order chi connectivity index (χ1) is 15.1. The molecular formula is C25H21N3O3. The molecule has 2 aromatic heterocycles. The zero-order valence-corrected chi connectivity index (χ0v) is 17.5. The number of anilines is 1. The van der Waals surface area contributed by atoms with Gasteiger partial charge >= 0.3 is 0 Å². The van der Waals surface area contributed by atoms with Crippen molar-refractivity contribution in [1.29, 1.82) is 0 Å². The standard InChI is InChI=1S/C25H21N3O3/c1-15-24(16(2)28(27-15)17-9-5-4-6-10-17)25(29)26-20-14-22-19(13-23(20)30-3)18-11-7-8-12-21(18)31-22/h4-14H,1-3H3,(H,26,29). The van der Waals surface area contributed by atoms with Crippen LogP contribution >= 0.6 is 0 Å². The van der Waals surface area contributed by atoms with Crippen LogP contribution in [-0.4, -0.2) is 22.8 Å². The molecule has 6 nitrogen and oxygen atoms in total. The molecule has 1 amide bonds. The lowest BCUT2D eigenvalue weighted by Gasteiger charge is -2.11. The van der Waals surface area contributed by atoms with Crippen molar-refractivity contribution in [2.45, 2.75) is 13.8 Å². The Morgan fingerprint density at radius 1 is 0.968 bits per heavy atom. The van der Waals surface area contributed by atoms with Crippen LogP contribution in [0.5, 0.6) is 5.75 Å². The summed E-state index contributed by atoms with van der Waals surface area (Å²) in [5.41, 5.74) is 4.89.